The fourth-order valence-electron chi connectivity index (χ4n) is 2.60. The third kappa shape index (κ3) is 5.84. The summed E-state index contributed by atoms with van der Waals surface area (Å²) in [5.41, 5.74) is 2.62. The van der Waals surface area contributed by atoms with Gasteiger partial charge < -0.3 is 5.32 Å². The van der Waals surface area contributed by atoms with Gasteiger partial charge in [0.05, 0.1) is 16.8 Å². The largest absolute Gasteiger partial charge is 0.351 e. The van der Waals surface area contributed by atoms with Crippen molar-refractivity contribution >= 4 is 27.5 Å². The van der Waals surface area contributed by atoms with Crippen LogP contribution in [0.3, 0.4) is 0 Å². The van der Waals surface area contributed by atoms with Crippen molar-refractivity contribution in [2.24, 2.45) is 0 Å². The van der Waals surface area contributed by atoms with Crippen LogP contribution < -0.4 is 5.32 Å². The number of hydrogen-bond donors (Lipinski definition) is 1. The van der Waals surface area contributed by atoms with Crippen LogP contribution in [0.15, 0.2) is 24.3 Å². The molecule has 23 heavy (non-hydrogen) atoms. The highest BCUT2D eigenvalue weighted by Crippen LogP contribution is 2.16. The molecule has 1 saturated heterocycles. The van der Waals surface area contributed by atoms with Gasteiger partial charge in [0.2, 0.25) is 5.91 Å². The molecule has 4 nitrogen and oxygen atoms in total. The Morgan fingerprint density at radius 1 is 1.30 bits per heavy atom. The predicted octanol–water partition coefficient (Wildman–Crippen LogP) is 2.22. The van der Waals surface area contributed by atoms with Crippen LogP contribution in [0.1, 0.15) is 31.4 Å². The molecule has 1 N–H and O–H groups in total. The van der Waals surface area contributed by atoms with Crippen molar-refractivity contribution in [3.8, 4) is 0 Å². The Morgan fingerprint density at radius 2 is 1.96 bits per heavy atom. The molecule has 0 saturated carbocycles. The van der Waals surface area contributed by atoms with Gasteiger partial charge in [-0.1, -0.05) is 31.2 Å². The van der Waals surface area contributed by atoms with Crippen LogP contribution in [0.5, 0.6) is 0 Å². The smallest absolute Gasteiger partial charge is 0.233 e. The van der Waals surface area contributed by atoms with E-state index in [4.69, 9.17) is 0 Å². The molecule has 0 bridgehead atoms. The molecule has 2 unspecified atom stereocenters. The Hall–Kier alpha value is -1.01. The number of rotatable bonds is 7. The van der Waals surface area contributed by atoms with Crippen LogP contribution >= 0.6 is 11.8 Å². The Labute approximate surface area is 143 Å². The fourth-order valence-corrected chi connectivity index (χ4v) is 5.20. The number of hydrogen-bond acceptors (Lipinski definition) is 4. The number of nitrogens with one attached hydrogen (secondary N) is 1. The number of amides is 1. The van der Waals surface area contributed by atoms with Gasteiger partial charge >= 0.3 is 0 Å². The van der Waals surface area contributed by atoms with Gasteiger partial charge in [0, 0.05) is 6.04 Å². The van der Waals surface area contributed by atoms with E-state index in [9.17, 15) is 13.2 Å². The summed E-state index contributed by atoms with van der Waals surface area (Å²) in [5, 5.41) is 2.70. The molecule has 6 heteroatoms. The normalized spacial score (nSPS) is 21.0. The summed E-state index contributed by atoms with van der Waals surface area (Å²) in [7, 11) is -2.95. The summed E-state index contributed by atoms with van der Waals surface area (Å²) in [5.74, 6) is 1.09. The second kappa shape index (κ2) is 8.20. The highest BCUT2D eigenvalue weighted by Gasteiger charge is 2.29. The van der Waals surface area contributed by atoms with Crippen LogP contribution in [0, 0.1) is 0 Å². The molecule has 1 amide bonds. The monoisotopic (exact) mass is 355 g/mol. The summed E-state index contributed by atoms with van der Waals surface area (Å²) in [6, 6.07) is 8.38. The second-order valence-electron chi connectivity index (χ2n) is 6.04. The van der Waals surface area contributed by atoms with Crippen LogP contribution in [0.25, 0.3) is 0 Å². The van der Waals surface area contributed by atoms with Gasteiger partial charge in [-0.05, 0) is 43.1 Å². The predicted molar refractivity (Wildman–Crippen MR) is 96.6 cm³/mol. The van der Waals surface area contributed by atoms with E-state index >= 15 is 0 Å². The first kappa shape index (κ1) is 18.3. The van der Waals surface area contributed by atoms with Crippen molar-refractivity contribution in [1.29, 1.82) is 0 Å². The van der Waals surface area contributed by atoms with Crippen LogP contribution in [0.4, 0.5) is 0 Å². The molecule has 2 rings (SSSR count). The second-order valence-corrected chi connectivity index (χ2v) is 9.72. The van der Waals surface area contributed by atoms with E-state index in [-0.39, 0.29) is 28.7 Å². The number of aryl methyl sites for hydroxylation is 2. The van der Waals surface area contributed by atoms with Crippen molar-refractivity contribution in [3.05, 3.63) is 35.4 Å². The molecule has 128 valence electrons. The Bertz CT molecular complexity index is 626. The highest BCUT2D eigenvalue weighted by atomic mass is 32.2. The van der Waals surface area contributed by atoms with Crippen LogP contribution in [0.2, 0.25) is 0 Å². The van der Waals surface area contributed by atoms with Crippen molar-refractivity contribution in [2.75, 3.05) is 17.3 Å². The molecule has 0 spiro atoms. The molecular weight excluding hydrogens is 330 g/mol. The number of carbonyl (C=O) groups excluding carboxylic acids is 1. The lowest BCUT2D eigenvalue weighted by Crippen LogP contribution is -2.40. The number of benzene rings is 1. The fraction of sp³-hybridized carbons (Fsp3) is 0.588. The van der Waals surface area contributed by atoms with E-state index in [0.29, 0.717) is 6.42 Å². The summed E-state index contributed by atoms with van der Waals surface area (Å²) >= 11 is 1.61. The Kier molecular flexibility index (Phi) is 6.53. The van der Waals surface area contributed by atoms with Crippen molar-refractivity contribution in [3.63, 3.8) is 0 Å². The maximum atomic E-state index is 12.1. The summed E-state index contributed by atoms with van der Waals surface area (Å²) in [4.78, 5) is 12.1. The minimum absolute atomic E-state index is 0.0570. The van der Waals surface area contributed by atoms with E-state index in [1.807, 2.05) is 6.92 Å². The topological polar surface area (TPSA) is 63.2 Å². The highest BCUT2D eigenvalue weighted by molar-refractivity contribution is 8.00. The van der Waals surface area contributed by atoms with E-state index in [1.54, 1.807) is 11.8 Å². The molecule has 1 heterocycles. The maximum Gasteiger partial charge on any atom is 0.233 e. The van der Waals surface area contributed by atoms with E-state index < -0.39 is 9.84 Å². The number of thioether (sulfide) groups is 1. The summed E-state index contributed by atoms with van der Waals surface area (Å²) in [6.07, 6.45) is 2.52. The average molecular weight is 356 g/mol. The van der Waals surface area contributed by atoms with Gasteiger partial charge in [-0.3, -0.25) is 4.79 Å². The zero-order valence-corrected chi connectivity index (χ0v) is 15.4. The molecule has 1 aromatic rings. The zero-order valence-electron chi connectivity index (χ0n) is 13.7. The van der Waals surface area contributed by atoms with Gasteiger partial charge in [0.25, 0.3) is 0 Å². The molecule has 0 aliphatic carbocycles. The molecule has 1 fully saturated rings. The average Bonchev–Trinajstić information content (AvgIpc) is 2.86. The Balaban J connectivity index is 1.71. The quantitative estimate of drug-likeness (QED) is 0.815. The number of sulfone groups is 1. The summed E-state index contributed by atoms with van der Waals surface area (Å²) in [6.45, 7) is 4.02. The van der Waals surface area contributed by atoms with Crippen molar-refractivity contribution in [2.45, 2.75) is 44.4 Å². The molecule has 0 radical (unpaired) electrons. The van der Waals surface area contributed by atoms with Gasteiger partial charge in [-0.15, -0.1) is 11.8 Å². The number of carbonyl (C=O) groups is 1. The standard InChI is InChI=1S/C17H25NO3S2/c1-3-14-4-6-15(7-5-14)8-10-22-13(2)17(19)18-16-9-11-23(20,21)12-16/h4-7,13,16H,3,8-12H2,1-2H3,(H,18,19). The molecule has 0 aromatic heterocycles. The van der Waals surface area contributed by atoms with Gasteiger partial charge in [0.1, 0.15) is 0 Å². The minimum Gasteiger partial charge on any atom is -0.351 e. The SMILES string of the molecule is CCc1ccc(CCSC(C)C(=O)NC2CCS(=O)(=O)C2)cc1. The first-order valence-corrected chi connectivity index (χ1v) is 11.0. The zero-order chi connectivity index (χ0) is 16.9. The van der Waals surface area contributed by atoms with Gasteiger partial charge in [-0.2, -0.15) is 0 Å². The molecule has 1 aliphatic heterocycles. The van der Waals surface area contributed by atoms with Gasteiger partial charge in [0.15, 0.2) is 9.84 Å². The molecular formula is C17H25NO3S2. The minimum atomic E-state index is -2.95. The summed E-state index contributed by atoms with van der Waals surface area (Å²) < 4.78 is 22.8. The van der Waals surface area contributed by atoms with Crippen molar-refractivity contribution < 1.29 is 13.2 Å². The third-order valence-electron chi connectivity index (χ3n) is 4.14. The van der Waals surface area contributed by atoms with E-state index in [1.165, 1.54) is 11.1 Å². The lowest BCUT2D eigenvalue weighted by molar-refractivity contribution is -0.120. The van der Waals surface area contributed by atoms with E-state index in [0.717, 1.165) is 18.6 Å². The lowest BCUT2D eigenvalue weighted by atomic mass is 10.1. The van der Waals surface area contributed by atoms with Crippen LogP contribution in [-0.4, -0.2) is 42.9 Å². The molecule has 2 atom stereocenters. The maximum absolute atomic E-state index is 12.1. The van der Waals surface area contributed by atoms with Gasteiger partial charge in [-0.25, -0.2) is 8.42 Å². The Morgan fingerprint density at radius 3 is 2.52 bits per heavy atom. The lowest BCUT2D eigenvalue weighted by Gasteiger charge is -2.15. The van der Waals surface area contributed by atoms with Crippen molar-refractivity contribution in [1.82, 2.24) is 5.32 Å². The first-order valence-electron chi connectivity index (χ1n) is 8.10. The first-order chi connectivity index (χ1) is 10.9. The molecule has 1 aliphatic rings. The molecule has 1 aromatic carbocycles. The third-order valence-corrected chi connectivity index (χ3v) is 7.06. The van der Waals surface area contributed by atoms with Crippen LogP contribution in [-0.2, 0) is 27.5 Å². The van der Waals surface area contributed by atoms with E-state index in [2.05, 4.69) is 36.5 Å².